The van der Waals surface area contributed by atoms with Crippen LogP contribution in [0.3, 0.4) is 0 Å². The average Bonchev–Trinajstić information content (AvgIpc) is 3.19. The van der Waals surface area contributed by atoms with Crippen molar-refractivity contribution in [2.75, 3.05) is 18.4 Å². The summed E-state index contributed by atoms with van der Waals surface area (Å²) in [6.45, 7) is 2.50. The van der Waals surface area contributed by atoms with Crippen LogP contribution in [0.15, 0.2) is 29.6 Å². The monoisotopic (exact) mass is 389 g/mol. The third-order valence-corrected chi connectivity index (χ3v) is 5.63. The molecule has 0 atom stereocenters. The van der Waals surface area contributed by atoms with E-state index in [0.717, 1.165) is 6.07 Å². The topological polar surface area (TPSA) is 92.5 Å². The van der Waals surface area contributed by atoms with Gasteiger partial charge in [-0.3, -0.25) is 14.4 Å². The van der Waals surface area contributed by atoms with Crippen LogP contribution in [0.5, 0.6) is 0 Å². The Kier molecular flexibility index (Phi) is 5.55. The quantitative estimate of drug-likeness (QED) is 0.842. The van der Waals surface area contributed by atoms with Crippen molar-refractivity contribution in [3.05, 3.63) is 51.5 Å². The SMILES string of the molecule is Cc1c(F)cc(C(N)=O)cc1NC(=O)C1CCN(C(=O)c2cccs2)CC1. The van der Waals surface area contributed by atoms with Gasteiger partial charge >= 0.3 is 0 Å². The van der Waals surface area contributed by atoms with E-state index in [9.17, 15) is 18.8 Å². The first-order valence-corrected chi connectivity index (χ1v) is 9.48. The van der Waals surface area contributed by atoms with E-state index in [2.05, 4.69) is 5.32 Å². The van der Waals surface area contributed by atoms with Crippen LogP contribution in [0.1, 0.15) is 38.4 Å². The smallest absolute Gasteiger partial charge is 0.263 e. The lowest BCUT2D eigenvalue weighted by Crippen LogP contribution is -2.41. The molecular formula is C19H20FN3O3S. The van der Waals surface area contributed by atoms with Crippen LogP contribution >= 0.6 is 11.3 Å². The molecule has 1 aromatic carbocycles. The standard InChI is InChI=1S/C19H20FN3O3S/c1-11-14(20)9-13(17(21)24)10-15(11)22-18(25)12-4-6-23(7-5-12)19(26)16-3-2-8-27-16/h2-3,8-10,12H,4-7H2,1H3,(H2,21,24)(H,22,25). The second-order valence-corrected chi connectivity index (χ2v) is 7.48. The fourth-order valence-corrected chi connectivity index (χ4v) is 3.78. The van der Waals surface area contributed by atoms with Gasteiger partial charge in [0.25, 0.3) is 5.91 Å². The van der Waals surface area contributed by atoms with Crippen molar-refractivity contribution in [3.8, 4) is 0 Å². The average molecular weight is 389 g/mol. The number of benzene rings is 1. The van der Waals surface area contributed by atoms with Crippen molar-refractivity contribution in [3.63, 3.8) is 0 Å². The van der Waals surface area contributed by atoms with Crippen LogP contribution in [0.2, 0.25) is 0 Å². The molecule has 8 heteroatoms. The number of hydrogen-bond acceptors (Lipinski definition) is 4. The molecule has 3 rings (SSSR count). The summed E-state index contributed by atoms with van der Waals surface area (Å²) in [4.78, 5) is 38.7. The minimum absolute atomic E-state index is 0.00441. The highest BCUT2D eigenvalue weighted by atomic mass is 32.1. The maximum Gasteiger partial charge on any atom is 0.263 e. The highest BCUT2D eigenvalue weighted by Crippen LogP contribution is 2.25. The van der Waals surface area contributed by atoms with Gasteiger partial charge in [0.05, 0.1) is 4.88 Å². The molecule has 0 unspecified atom stereocenters. The van der Waals surface area contributed by atoms with Crippen LogP contribution < -0.4 is 11.1 Å². The second-order valence-electron chi connectivity index (χ2n) is 6.53. The summed E-state index contributed by atoms with van der Waals surface area (Å²) in [6.07, 6.45) is 1.06. The van der Waals surface area contributed by atoms with Gasteiger partial charge in [-0.05, 0) is 43.3 Å². The van der Waals surface area contributed by atoms with Crippen molar-refractivity contribution < 1.29 is 18.8 Å². The first kappa shape index (κ1) is 19.0. The minimum atomic E-state index is -0.759. The number of likely N-dealkylation sites (tertiary alicyclic amines) is 1. The largest absolute Gasteiger partial charge is 0.366 e. The van der Waals surface area contributed by atoms with E-state index >= 15 is 0 Å². The number of anilines is 1. The van der Waals surface area contributed by atoms with Gasteiger partial charge in [0.15, 0.2) is 0 Å². The van der Waals surface area contributed by atoms with E-state index in [0.29, 0.717) is 30.8 Å². The lowest BCUT2D eigenvalue weighted by Gasteiger charge is -2.31. The summed E-state index contributed by atoms with van der Waals surface area (Å²) >= 11 is 1.40. The van der Waals surface area contributed by atoms with E-state index < -0.39 is 11.7 Å². The number of nitrogens with zero attached hydrogens (tertiary/aromatic N) is 1. The molecule has 0 saturated carbocycles. The first-order chi connectivity index (χ1) is 12.9. The number of nitrogens with one attached hydrogen (secondary N) is 1. The summed E-state index contributed by atoms with van der Waals surface area (Å²) in [7, 11) is 0. The Bertz CT molecular complexity index is 875. The summed E-state index contributed by atoms with van der Waals surface area (Å²) in [5, 5.41) is 4.56. The Labute approximate surface area is 160 Å². The predicted molar refractivity (Wildman–Crippen MR) is 101 cm³/mol. The summed E-state index contributed by atoms with van der Waals surface area (Å²) in [6, 6.07) is 6.06. The molecule has 2 aromatic rings. The summed E-state index contributed by atoms with van der Waals surface area (Å²) in [5.74, 6) is -1.90. The molecule has 0 radical (unpaired) electrons. The van der Waals surface area contributed by atoms with E-state index in [1.54, 1.807) is 11.0 Å². The Hall–Kier alpha value is -2.74. The molecule has 2 heterocycles. The van der Waals surface area contributed by atoms with Gasteiger partial charge in [-0.2, -0.15) is 0 Å². The lowest BCUT2D eigenvalue weighted by atomic mass is 9.95. The highest BCUT2D eigenvalue weighted by Gasteiger charge is 2.28. The molecule has 3 amide bonds. The van der Waals surface area contributed by atoms with Crippen LogP contribution in [-0.4, -0.2) is 35.7 Å². The Morgan fingerprint density at radius 1 is 1.26 bits per heavy atom. The molecule has 1 fully saturated rings. The van der Waals surface area contributed by atoms with Crippen LogP contribution in [0.25, 0.3) is 0 Å². The molecule has 1 saturated heterocycles. The number of halogens is 1. The van der Waals surface area contributed by atoms with Gasteiger partial charge in [0.1, 0.15) is 5.82 Å². The Morgan fingerprint density at radius 2 is 1.96 bits per heavy atom. The van der Waals surface area contributed by atoms with Crippen molar-refractivity contribution in [2.45, 2.75) is 19.8 Å². The molecule has 142 valence electrons. The van der Waals surface area contributed by atoms with Crippen LogP contribution in [0, 0.1) is 18.7 Å². The highest BCUT2D eigenvalue weighted by molar-refractivity contribution is 7.12. The fourth-order valence-electron chi connectivity index (χ4n) is 3.09. The van der Waals surface area contributed by atoms with Crippen molar-refractivity contribution in [2.24, 2.45) is 11.7 Å². The number of carbonyl (C=O) groups is 3. The van der Waals surface area contributed by atoms with E-state index in [-0.39, 0.29) is 34.5 Å². The number of carbonyl (C=O) groups excluding carboxylic acids is 3. The molecule has 27 heavy (non-hydrogen) atoms. The molecule has 0 aliphatic carbocycles. The van der Waals surface area contributed by atoms with Gasteiger partial charge in [-0.25, -0.2) is 4.39 Å². The molecule has 1 aliphatic heterocycles. The zero-order chi connectivity index (χ0) is 19.6. The van der Waals surface area contributed by atoms with Gasteiger partial charge in [-0.15, -0.1) is 11.3 Å². The van der Waals surface area contributed by atoms with Gasteiger partial charge in [0, 0.05) is 35.8 Å². The van der Waals surface area contributed by atoms with Crippen molar-refractivity contribution >= 4 is 34.7 Å². The number of primary amides is 1. The molecule has 6 nitrogen and oxygen atoms in total. The van der Waals surface area contributed by atoms with Crippen LogP contribution in [-0.2, 0) is 4.79 Å². The Balaban J connectivity index is 1.63. The fraction of sp³-hybridized carbons (Fsp3) is 0.316. The number of hydrogen-bond donors (Lipinski definition) is 2. The maximum absolute atomic E-state index is 14.0. The number of rotatable bonds is 4. The Morgan fingerprint density at radius 3 is 2.56 bits per heavy atom. The maximum atomic E-state index is 14.0. The molecule has 3 N–H and O–H groups in total. The molecular weight excluding hydrogens is 369 g/mol. The number of nitrogens with two attached hydrogens (primary N) is 1. The lowest BCUT2D eigenvalue weighted by molar-refractivity contribution is -0.121. The zero-order valence-electron chi connectivity index (χ0n) is 14.8. The zero-order valence-corrected chi connectivity index (χ0v) is 15.6. The van der Waals surface area contributed by atoms with E-state index in [1.807, 2.05) is 11.4 Å². The predicted octanol–water partition coefficient (Wildman–Crippen LogP) is 2.79. The van der Waals surface area contributed by atoms with Gasteiger partial charge in [-0.1, -0.05) is 6.07 Å². The molecule has 1 aliphatic rings. The molecule has 0 spiro atoms. The summed E-state index contributed by atoms with van der Waals surface area (Å²) < 4.78 is 14.0. The van der Waals surface area contributed by atoms with Crippen molar-refractivity contribution in [1.82, 2.24) is 4.90 Å². The summed E-state index contributed by atoms with van der Waals surface area (Å²) in [5.41, 5.74) is 5.70. The number of thiophene rings is 1. The van der Waals surface area contributed by atoms with E-state index in [4.69, 9.17) is 5.73 Å². The van der Waals surface area contributed by atoms with Crippen molar-refractivity contribution in [1.29, 1.82) is 0 Å². The minimum Gasteiger partial charge on any atom is -0.366 e. The number of piperidine rings is 1. The first-order valence-electron chi connectivity index (χ1n) is 8.60. The normalized spacial score (nSPS) is 14.8. The van der Waals surface area contributed by atoms with Gasteiger partial charge < -0.3 is 16.0 Å². The second kappa shape index (κ2) is 7.87. The van der Waals surface area contributed by atoms with Gasteiger partial charge in [0.2, 0.25) is 11.8 Å². The van der Waals surface area contributed by atoms with E-state index in [1.165, 1.54) is 24.3 Å². The number of amides is 3. The molecule has 0 bridgehead atoms. The molecule has 1 aromatic heterocycles. The third-order valence-electron chi connectivity index (χ3n) is 4.77. The third kappa shape index (κ3) is 4.16. The van der Waals surface area contributed by atoms with Crippen LogP contribution in [0.4, 0.5) is 10.1 Å².